The molecule has 4 nitrogen and oxygen atoms in total. The molecule has 0 heterocycles. The second-order valence-corrected chi connectivity index (χ2v) is 4.96. The Balaban J connectivity index is 4.93. The maximum absolute atomic E-state index is 12.1. The molecule has 0 aromatic rings. The molecular formula is C13H24O4S. The lowest BCUT2D eigenvalue weighted by atomic mass is 9.80. The van der Waals surface area contributed by atoms with Gasteiger partial charge in [0.15, 0.2) is 5.41 Å². The molecule has 0 saturated heterocycles. The number of hydrogen-bond acceptors (Lipinski definition) is 5. The third-order valence-electron chi connectivity index (χ3n) is 2.89. The predicted octanol–water partition coefficient (Wildman–Crippen LogP) is 2.65. The smallest absolute Gasteiger partial charge is 0.323 e. The molecule has 0 amide bonds. The van der Waals surface area contributed by atoms with Crippen molar-refractivity contribution >= 4 is 23.7 Å². The van der Waals surface area contributed by atoms with Gasteiger partial charge < -0.3 is 9.47 Å². The van der Waals surface area contributed by atoms with Crippen molar-refractivity contribution in [2.24, 2.45) is 5.41 Å². The number of esters is 2. The maximum Gasteiger partial charge on any atom is 0.323 e. The predicted molar refractivity (Wildman–Crippen MR) is 73.6 cm³/mol. The van der Waals surface area contributed by atoms with Crippen LogP contribution in [0.4, 0.5) is 0 Å². The summed E-state index contributed by atoms with van der Waals surface area (Å²) in [4.78, 5) is 24.2. The second-order valence-electron chi connectivity index (χ2n) is 3.97. The summed E-state index contributed by atoms with van der Waals surface area (Å²) < 4.78 is 10.1. The van der Waals surface area contributed by atoms with Crippen molar-refractivity contribution in [2.75, 3.05) is 25.2 Å². The molecule has 0 bridgehead atoms. The fourth-order valence-electron chi connectivity index (χ4n) is 1.81. The second kappa shape index (κ2) is 9.25. The van der Waals surface area contributed by atoms with Gasteiger partial charge in [0.05, 0.1) is 13.2 Å². The van der Waals surface area contributed by atoms with Crippen LogP contribution in [0, 0.1) is 5.41 Å². The average molecular weight is 276 g/mol. The normalized spacial score (nSPS) is 11.1. The van der Waals surface area contributed by atoms with Crippen molar-refractivity contribution < 1.29 is 19.1 Å². The average Bonchev–Trinajstić information content (AvgIpc) is 2.35. The summed E-state index contributed by atoms with van der Waals surface area (Å²) in [7, 11) is 0. The highest BCUT2D eigenvalue weighted by Gasteiger charge is 2.46. The molecule has 0 aliphatic rings. The van der Waals surface area contributed by atoms with E-state index in [9.17, 15) is 9.59 Å². The van der Waals surface area contributed by atoms with E-state index in [4.69, 9.17) is 9.47 Å². The molecule has 0 radical (unpaired) electrons. The quantitative estimate of drug-likeness (QED) is 0.368. The van der Waals surface area contributed by atoms with Gasteiger partial charge in [-0.1, -0.05) is 6.92 Å². The van der Waals surface area contributed by atoms with Gasteiger partial charge in [-0.05, 0) is 45.1 Å². The number of rotatable bonds is 9. The Bertz CT molecular complexity index is 248. The van der Waals surface area contributed by atoms with E-state index >= 15 is 0 Å². The number of ether oxygens (including phenoxy) is 2. The first kappa shape index (κ1) is 17.3. The standard InChI is InChI=1S/C13H24O4S/c1-5-13(9-8-10-18-4,11(14)16-6-2)12(15)17-7-3/h5-10H2,1-4H3. The minimum absolute atomic E-state index is 0.280. The lowest BCUT2D eigenvalue weighted by Crippen LogP contribution is -2.41. The fraction of sp³-hybridized carbons (Fsp3) is 0.846. The zero-order valence-corrected chi connectivity index (χ0v) is 12.6. The first-order valence-electron chi connectivity index (χ1n) is 6.42. The molecule has 0 aliphatic heterocycles. The summed E-state index contributed by atoms with van der Waals surface area (Å²) in [6.45, 7) is 5.87. The highest BCUT2D eigenvalue weighted by Crippen LogP contribution is 2.32. The third-order valence-corrected chi connectivity index (χ3v) is 3.58. The van der Waals surface area contributed by atoms with E-state index in [1.165, 1.54) is 0 Å². The van der Waals surface area contributed by atoms with Gasteiger partial charge in [-0.2, -0.15) is 11.8 Å². The summed E-state index contributed by atoms with van der Waals surface area (Å²) in [5, 5.41) is 0. The molecule has 0 saturated carbocycles. The van der Waals surface area contributed by atoms with Crippen molar-refractivity contribution in [3.8, 4) is 0 Å². The van der Waals surface area contributed by atoms with Crippen molar-refractivity contribution in [3.05, 3.63) is 0 Å². The van der Waals surface area contributed by atoms with Crippen LogP contribution in [-0.2, 0) is 19.1 Å². The summed E-state index contributed by atoms with van der Waals surface area (Å²) in [5.41, 5.74) is -1.12. The Morgan fingerprint density at radius 3 is 1.89 bits per heavy atom. The van der Waals surface area contributed by atoms with Gasteiger partial charge in [0.2, 0.25) is 0 Å². The van der Waals surface area contributed by atoms with E-state index in [2.05, 4.69) is 0 Å². The highest BCUT2D eigenvalue weighted by molar-refractivity contribution is 7.98. The molecule has 5 heteroatoms. The molecule has 0 aromatic carbocycles. The Labute approximate surface area is 114 Å². The van der Waals surface area contributed by atoms with Gasteiger partial charge >= 0.3 is 11.9 Å². The monoisotopic (exact) mass is 276 g/mol. The molecule has 106 valence electrons. The third kappa shape index (κ3) is 4.52. The first-order chi connectivity index (χ1) is 8.58. The van der Waals surface area contributed by atoms with Gasteiger partial charge in [0, 0.05) is 0 Å². The topological polar surface area (TPSA) is 52.6 Å². The SMILES string of the molecule is CCOC(=O)C(CC)(CCCSC)C(=O)OCC. The summed E-state index contributed by atoms with van der Waals surface area (Å²) in [5.74, 6) is 0.0136. The molecule has 0 fully saturated rings. The zero-order valence-electron chi connectivity index (χ0n) is 11.8. The summed E-state index contributed by atoms with van der Waals surface area (Å²) in [6, 6.07) is 0. The Morgan fingerprint density at radius 2 is 1.56 bits per heavy atom. The van der Waals surface area contributed by atoms with Crippen molar-refractivity contribution in [2.45, 2.75) is 40.0 Å². The van der Waals surface area contributed by atoms with Crippen LogP contribution in [0.2, 0.25) is 0 Å². The minimum atomic E-state index is -1.12. The molecule has 0 N–H and O–H groups in total. The molecule has 0 unspecified atom stereocenters. The molecular weight excluding hydrogens is 252 g/mol. The number of thioether (sulfide) groups is 1. The van der Waals surface area contributed by atoms with E-state index in [0.717, 1.165) is 12.2 Å². The van der Waals surface area contributed by atoms with E-state index in [1.54, 1.807) is 25.6 Å². The zero-order chi connectivity index (χ0) is 14.0. The lowest BCUT2D eigenvalue weighted by Gasteiger charge is -2.27. The first-order valence-corrected chi connectivity index (χ1v) is 7.81. The summed E-state index contributed by atoms with van der Waals surface area (Å²) >= 11 is 1.70. The number of carbonyl (C=O) groups is 2. The van der Waals surface area contributed by atoms with Crippen LogP contribution >= 0.6 is 11.8 Å². The number of carbonyl (C=O) groups excluding carboxylic acids is 2. The van der Waals surface area contributed by atoms with E-state index < -0.39 is 17.4 Å². The maximum atomic E-state index is 12.1. The van der Waals surface area contributed by atoms with Crippen LogP contribution in [0.5, 0.6) is 0 Å². The molecule has 0 aromatic heterocycles. The van der Waals surface area contributed by atoms with Crippen LogP contribution in [0.15, 0.2) is 0 Å². The van der Waals surface area contributed by atoms with Gasteiger partial charge in [0.1, 0.15) is 0 Å². The molecule has 0 spiro atoms. The molecule has 0 atom stereocenters. The minimum Gasteiger partial charge on any atom is -0.465 e. The van der Waals surface area contributed by atoms with Crippen LogP contribution in [0.1, 0.15) is 40.0 Å². The van der Waals surface area contributed by atoms with Crippen molar-refractivity contribution in [1.29, 1.82) is 0 Å². The van der Waals surface area contributed by atoms with Crippen molar-refractivity contribution in [3.63, 3.8) is 0 Å². The van der Waals surface area contributed by atoms with Crippen LogP contribution in [0.3, 0.4) is 0 Å². The van der Waals surface area contributed by atoms with E-state index in [-0.39, 0.29) is 13.2 Å². The fourth-order valence-corrected chi connectivity index (χ4v) is 2.24. The van der Waals surface area contributed by atoms with Crippen LogP contribution in [0.25, 0.3) is 0 Å². The molecule has 0 aliphatic carbocycles. The molecule has 18 heavy (non-hydrogen) atoms. The highest BCUT2D eigenvalue weighted by atomic mass is 32.2. The number of hydrogen-bond donors (Lipinski definition) is 0. The van der Waals surface area contributed by atoms with Crippen molar-refractivity contribution in [1.82, 2.24) is 0 Å². The van der Waals surface area contributed by atoms with Gasteiger partial charge in [0.25, 0.3) is 0 Å². The van der Waals surface area contributed by atoms with E-state index in [1.807, 2.05) is 13.2 Å². The summed E-state index contributed by atoms with van der Waals surface area (Å²) in [6.07, 6.45) is 3.70. The Hall–Kier alpha value is -0.710. The van der Waals surface area contributed by atoms with Gasteiger partial charge in [-0.15, -0.1) is 0 Å². The van der Waals surface area contributed by atoms with Gasteiger partial charge in [-0.3, -0.25) is 9.59 Å². The van der Waals surface area contributed by atoms with Crippen LogP contribution < -0.4 is 0 Å². The Kier molecular flexibility index (Phi) is 8.89. The van der Waals surface area contributed by atoms with Gasteiger partial charge in [-0.25, -0.2) is 0 Å². The largest absolute Gasteiger partial charge is 0.465 e. The van der Waals surface area contributed by atoms with Crippen LogP contribution in [-0.4, -0.2) is 37.2 Å². The lowest BCUT2D eigenvalue weighted by molar-refractivity contribution is -0.173. The molecule has 0 rings (SSSR count). The van der Waals surface area contributed by atoms with E-state index in [0.29, 0.717) is 12.8 Å². The Morgan fingerprint density at radius 1 is 1.06 bits per heavy atom.